The van der Waals surface area contributed by atoms with E-state index < -0.39 is 0 Å². The minimum absolute atomic E-state index is 0.320. The fourth-order valence-corrected chi connectivity index (χ4v) is 1.75. The van der Waals surface area contributed by atoms with Crippen molar-refractivity contribution < 1.29 is 4.74 Å². The molecule has 88 valence electrons. The number of nitrogens with two attached hydrogens (primary N) is 1. The van der Waals surface area contributed by atoms with Gasteiger partial charge in [0.05, 0.1) is 13.2 Å². The largest absolute Gasteiger partial charge is 0.467 e. The predicted molar refractivity (Wildman–Crippen MR) is 66.1 cm³/mol. The zero-order chi connectivity index (χ0) is 12.3. The number of halogens is 1. The highest BCUT2D eigenvalue weighted by molar-refractivity contribution is 6.31. The first-order valence-corrected chi connectivity index (χ1v) is 5.46. The van der Waals surface area contributed by atoms with Gasteiger partial charge < -0.3 is 10.5 Å². The van der Waals surface area contributed by atoms with E-state index in [0.717, 1.165) is 11.1 Å². The number of nitrogens with zero attached hydrogens (tertiary/aromatic N) is 2. The van der Waals surface area contributed by atoms with Crippen LogP contribution in [0.5, 0.6) is 6.01 Å². The molecule has 1 heterocycles. The third kappa shape index (κ3) is 2.54. The highest BCUT2D eigenvalue weighted by atomic mass is 35.5. The van der Waals surface area contributed by atoms with Crippen LogP contribution in [-0.4, -0.2) is 17.1 Å². The topological polar surface area (TPSA) is 61.0 Å². The van der Waals surface area contributed by atoms with Crippen molar-refractivity contribution in [3.05, 3.63) is 52.8 Å². The molecule has 0 spiro atoms. The van der Waals surface area contributed by atoms with Gasteiger partial charge in [-0.1, -0.05) is 29.8 Å². The maximum Gasteiger partial charge on any atom is 0.316 e. The van der Waals surface area contributed by atoms with Crippen molar-refractivity contribution in [2.24, 2.45) is 5.73 Å². The lowest BCUT2D eigenvalue weighted by molar-refractivity contribution is 0.379. The van der Waals surface area contributed by atoms with Gasteiger partial charge in [-0.3, -0.25) is 0 Å². The number of hydrogen-bond donors (Lipinski definition) is 1. The lowest BCUT2D eigenvalue weighted by atomic mass is 10.0. The van der Waals surface area contributed by atoms with Crippen molar-refractivity contribution in [3.63, 3.8) is 0 Å². The summed E-state index contributed by atoms with van der Waals surface area (Å²) in [6, 6.07) is 7.43. The van der Waals surface area contributed by atoms with Crippen LogP contribution in [0, 0.1) is 0 Å². The van der Waals surface area contributed by atoms with E-state index in [1.807, 2.05) is 18.2 Å². The van der Waals surface area contributed by atoms with Crippen LogP contribution in [0.3, 0.4) is 0 Å². The molecule has 17 heavy (non-hydrogen) atoms. The van der Waals surface area contributed by atoms with Gasteiger partial charge in [-0.2, -0.15) is 0 Å². The molecule has 0 radical (unpaired) electrons. The Morgan fingerprint density at radius 3 is 2.47 bits per heavy atom. The third-order valence-corrected chi connectivity index (χ3v) is 2.77. The van der Waals surface area contributed by atoms with E-state index in [2.05, 4.69) is 9.97 Å². The standard InChI is InChI=1S/C12H12ClN3O/c1-17-12-15-6-8(7-16-12)11(14)9-4-2-3-5-10(9)13/h2-7,11H,14H2,1H3. The molecule has 0 fully saturated rings. The van der Waals surface area contributed by atoms with Crippen molar-refractivity contribution in [2.75, 3.05) is 7.11 Å². The van der Waals surface area contributed by atoms with Gasteiger partial charge in [0.25, 0.3) is 0 Å². The summed E-state index contributed by atoms with van der Waals surface area (Å²) in [4.78, 5) is 8.03. The Morgan fingerprint density at radius 1 is 1.24 bits per heavy atom. The van der Waals surface area contributed by atoms with Crippen LogP contribution < -0.4 is 10.5 Å². The van der Waals surface area contributed by atoms with Crippen LogP contribution in [0.1, 0.15) is 17.2 Å². The molecule has 5 heteroatoms. The molecular weight excluding hydrogens is 238 g/mol. The third-order valence-electron chi connectivity index (χ3n) is 2.43. The van der Waals surface area contributed by atoms with Crippen LogP contribution in [0.15, 0.2) is 36.7 Å². The quantitative estimate of drug-likeness (QED) is 0.906. The number of rotatable bonds is 3. The van der Waals surface area contributed by atoms with Crippen LogP contribution in [0.2, 0.25) is 5.02 Å². The van der Waals surface area contributed by atoms with Crippen LogP contribution in [0.25, 0.3) is 0 Å². The normalized spacial score (nSPS) is 12.2. The molecular formula is C12H12ClN3O. The average molecular weight is 250 g/mol. The second-order valence-corrected chi connectivity index (χ2v) is 3.91. The molecule has 1 aromatic heterocycles. The minimum atomic E-state index is -0.338. The summed E-state index contributed by atoms with van der Waals surface area (Å²) in [7, 11) is 1.52. The first kappa shape index (κ1) is 11.8. The molecule has 1 unspecified atom stereocenters. The summed E-state index contributed by atoms with van der Waals surface area (Å²) in [5, 5.41) is 0.635. The van der Waals surface area contributed by atoms with Gasteiger partial charge in [0.15, 0.2) is 0 Å². The number of aromatic nitrogens is 2. The Balaban J connectivity index is 2.30. The van der Waals surface area contributed by atoms with E-state index in [9.17, 15) is 0 Å². The van der Waals surface area contributed by atoms with Crippen LogP contribution >= 0.6 is 11.6 Å². The first-order chi connectivity index (χ1) is 8.22. The lowest BCUT2D eigenvalue weighted by Crippen LogP contribution is -2.13. The Morgan fingerprint density at radius 2 is 1.88 bits per heavy atom. The molecule has 0 aliphatic heterocycles. The van der Waals surface area contributed by atoms with E-state index in [4.69, 9.17) is 22.1 Å². The highest BCUT2D eigenvalue weighted by Crippen LogP contribution is 2.25. The SMILES string of the molecule is COc1ncc(C(N)c2ccccc2Cl)cn1. The molecule has 0 saturated carbocycles. The zero-order valence-electron chi connectivity index (χ0n) is 9.30. The van der Waals surface area contributed by atoms with E-state index in [0.29, 0.717) is 11.0 Å². The number of hydrogen-bond acceptors (Lipinski definition) is 4. The van der Waals surface area contributed by atoms with E-state index in [1.54, 1.807) is 18.5 Å². The Labute approximate surface area is 104 Å². The van der Waals surface area contributed by atoms with Crippen molar-refractivity contribution in [3.8, 4) is 6.01 Å². The van der Waals surface area contributed by atoms with Crippen LogP contribution in [0.4, 0.5) is 0 Å². The molecule has 2 aromatic rings. The van der Waals surface area contributed by atoms with Gasteiger partial charge in [-0.25, -0.2) is 9.97 Å². The Bertz CT molecular complexity index is 501. The first-order valence-electron chi connectivity index (χ1n) is 5.08. The molecule has 0 aliphatic carbocycles. The van der Waals surface area contributed by atoms with Crippen molar-refractivity contribution in [1.82, 2.24) is 9.97 Å². The van der Waals surface area contributed by atoms with Crippen LogP contribution in [-0.2, 0) is 0 Å². The maximum absolute atomic E-state index is 6.10. The van der Waals surface area contributed by atoms with Crippen molar-refractivity contribution in [2.45, 2.75) is 6.04 Å². The summed E-state index contributed by atoms with van der Waals surface area (Å²) in [6.45, 7) is 0. The summed E-state index contributed by atoms with van der Waals surface area (Å²) in [5.41, 5.74) is 7.74. The number of methoxy groups -OCH3 is 1. The molecule has 0 saturated heterocycles. The number of ether oxygens (including phenoxy) is 1. The van der Waals surface area contributed by atoms with Gasteiger partial charge in [-0.15, -0.1) is 0 Å². The number of benzene rings is 1. The molecule has 2 rings (SSSR count). The summed E-state index contributed by atoms with van der Waals surface area (Å²) in [5.74, 6) is 0. The molecule has 4 nitrogen and oxygen atoms in total. The second-order valence-electron chi connectivity index (χ2n) is 3.50. The molecule has 2 N–H and O–H groups in total. The molecule has 1 atom stereocenters. The Kier molecular flexibility index (Phi) is 3.56. The molecule has 0 amide bonds. The highest BCUT2D eigenvalue weighted by Gasteiger charge is 2.12. The van der Waals surface area contributed by atoms with Crippen molar-refractivity contribution >= 4 is 11.6 Å². The van der Waals surface area contributed by atoms with E-state index in [-0.39, 0.29) is 6.04 Å². The molecule has 0 aliphatic rings. The van der Waals surface area contributed by atoms with Gasteiger partial charge in [0.2, 0.25) is 0 Å². The fourth-order valence-electron chi connectivity index (χ4n) is 1.50. The van der Waals surface area contributed by atoms with Gasteiger partial charge in [0.1, 0.15) is 0 Å². The Hall–Kier alpha value is -1.65. The van der Waals surface area contributed by atoms with Gasteiger partial charge >= 0.3 is 6.01 Å². The smallest absolute Gasteiger partial charge is 0.316 e. The minimum Gasteiger partial charge on any atom is -0.467 e. The predicted octanol–water partition coefficient (Wildman–Crippen LogP) is 2.19. The molecule has 0 bridgehead atoms. The second kappa shape index (κ2) is 5.12. The van der Waals surface area contributed by atoms with E-state index >= 15 is 0 Å². The zero-order valence-corrected chi connectivity index (χ0v) is 10.1. The lowest BCUT2D eigenvalue weighted by Gasteiger charge is -2.13. The van der Waals surface area contributed by atoms with Gasteiger partial charge in [-0.05, 0) is 11.6 Å². The van der Waals surface area contributed by atoms with Gasteiger partial charge in [0, 0.05) is 23.0 Å². The van der Waals surface area contributed by atoms with E-state index in [1.165, 1.54) is 7.11 Å². The summed E-state index contributed by atoms with van der Waals surface area (Å²) in [6.07, 6.45) is 3.28. The van der Waals surface area contributed by atoms with Crippen molar-refractivity contribution in [1.29, 1.82) is 0 Å². The fraction of sp³-hybridized carbons (Fsp3) is 0.167. The summed E-state index contributed by atoms with van der Waals surface area (Å²) >= 11 is 6.08. The summed E-state index contributed by atoms with van der Waals surface area (Å²) < 4.78 is 4.89. The maximum atomic E-state index is 6.10. The average Bonchev–Trinajstić information content (AvgIpc) is 2.39. The molecule has 1 aromatic carbocycles. The monoisotopic (exact) mass is 249 g/mol.